The topological polar surface area (TPSA) is 37.8 Å². The van der Waals surface area contributed by atoms with Crippen molar-refractivity contribution in [1.82, 2.24) is 9.78 Å². The molecule has 1 N–H and O–H groups in total. The molecule has 0 spiro atoms. The Bertz CT molecular complexity index is 333. The highest BCUT2D eigenvalue weighted by molar-refractivity contribution is 5.19. The van der Waals surface area contributed by atoms with E-state index < -0.39 is 0 Å². The normalized spacial score (nSPS) is 11.2. The van der Waals surface area contributed by atoms with Crippen molar-refractivity contribution in [2.45, 2.75) is 46.6 Å². The van der Waals surface area contributed by atoms with Crippen LogP contribution >= 0.6 is 0 Å². The van der Waals surface area contributed by atoms with Gasteiger partial charge in [0.05, 0.1) is 0 Å². The lowest BCUT2D eigenvalue weighted by molar-refractivity contribution is 0.553. The van der Waals surface area contributed by atoms with Crippen LogP contribution in [0.2, 0.25) is 0 Å². The lowest BCUT2D eigenvalue weighted by Gasteiger charge is -2.10. The Morgan fingerprint density at radius 2 is 2.08 bits per heavy atom. The Hall–Kier alpha value is -0.990. The summed E-state index contributed by atoms with van der Waals surface area (Å²) in [6.07, 6.45) is 1.05. The molecule has 1 rings (SSSR count). The van der Waals surface area contributed by atoms with Crippen LogP contribution in [0.1, 0.15) is 44.4 Å². The van der Waals surface area contributed by atoms with Gasteiger partial charge in [0.25, 0.3) is 5.56 Å². The number of nitrogens with one attached hydrogen (secondary N) is 1. The van der Waals surface area contributed by atoms with Crippen molar-refractivity contribution in [2.24, 2.45) is 0 Å². The van der Waals surface area contributed by atoms with E-state index in [9.17, 15) is 4.79 Å². The van der Waals surface area contributed by atoms with Gasteiger partial charge in [0, 0.05) is 17.8 Å². The van der Waals surface area contributed by atoms with E-state index in [1.54, 1.807) is 0 Å². The minimum atomic E-state index is 0.0529. The molecule has 1 heterocycles. The van der Waals surface area contributed by atoms with E-state index in [1.165, 1.54) is 0 Å². The van der Waals surface area contributed by atoms with Gasteiger partial charge in [-0.2, -0.15) is 0 Å². The molecule has 0 atom stereocenters. The van der Waals surface area contributed by atoms with E-state index in [4.69, 9.17) is 0 Å². The number of aromatic amines is 1. The van der Waals surface area contributed by atoms with Crippen molar-refractivity contribution in [3.8, 4) is 0 Å². The highest BCUT2D eigenvalue weighted by atomic mass is 16.1. The Morgan fingerprint density at radius 1 is 1.46 bits per heavy atom. The van der Waals surface area contributed by atoms with Gasteiger partial charge in [0.15, 0.2) is 0 Å². The standard InChI is InChI=1S/C10H18N2O/c1-5-6-12-9(7(2)3)8(4)10(13)11-12/h7H,5-6H2,1-4H3,(H,11,13). The van der Waals surface area contributed by atoms with E-state index in [0.717, 1.165) is 24.2 Å². The summed E-state index contributed by atoms with van der Waals surface area (Å²) in [5.74, 6) is 0.408. The van der Waals surface area contributed by atoms with Gasteiger partial charge in [-0.3, -0.25) is 14.6 Å². The van der Waals surface area contributed by atoms with Crippen LogP contribution in [0.3, 0.4) is 0 Å². The molecule has 0 aliphatic carbocycles. The molecular weight excluding hydrogens is 164 g/mol. The zero-order valence-corrected chi connectivity index (χ0v) is 8.85. The zero-order valence-electron chi connectivity index (χ0n) is 8.85. The molecule has 0 fully saturated rings. The van der Waals surface area contributed by atoms with Crippen LogP contribution in [0.4, 0.5) is 0 Å². The predicted octanol–water partition coefficient (Wildman–Crippen LogP) is 2.02. The average molecular weight is 182 g/mol. The van der Waals surface area contributed by atoms with Crippen molar-refractivity contribution in [3.05, 3.63) is 21.6 Å². The summed E-state index contributed by atoms with van der Waals surface area (Å²) < 4.78 is 1.97. The first-order valence-electron chi connectivity index (χ1n) is 4.87. The molecule has 0 aromatic carbocycles. The quantitative estimate of drug-likeness (QED) is 0.763. The van der Waals surface area contributed by atoms with E-state index in [0.29, 0.717) is 5.92 Å². The first-order chi connectivity index (χ1) is 6.07. The van der Waals surface area contributed by atoms with Crippen LogP contribution in [0.15, 0.2) is 4.79 Å². The Labute approximate surface area is 78.8 Å². The minimum Gasteiger partial charge on any atom is -0.289 e. The number of hydrogen-bond donors (Lipinski definition) is 1. The third-order valence-corrected chi connectivity index (χ3v) is 2.25. The maximum absolute atomic E-state index is 11.4. The van der Waals surface area contributed by atoms with Crippen molar-refractivity contribution in [3.63, 3.8) is 0 Å². The van der Waals surface area contributed by atoms with Gasteiger partial charge < -0.3 is 0 Å². The van der Waals surface area contributed by atoms with Crippen molar-refractivity contribution in [2.75, 3.05) is 0 Å². The Balaban J connectivity index is 3.19. The van der Waals surface area contributed by atoms with Gasteiger partial charge in [-0.25, -0.2) is 0 Å². The summed E-state index contributed by atoms with van der Waals surface area (Å²) in [7, 11) is 0. The van der Waals surface area contributed by atoms with Crippen LogP contribution in [0.25, 0.3) is 0 Å². The van der Waals surface area contributed by atoms with E-state index in [1.807, 2.05) is 11.6 Å². The first kappa shape index (κ1) is 10.1. The molecular formula is C10H18N2O. The molecule has 74 valence electrons. The SMILES string of the molecule is CCCn1[nH]c(=O)c(C)c1C(C)C. The molecule has 0 unspecified atom stereocenters. The molecule has 0 aliphatic rings. The van der Waals surface area contributed by atoms with E-state index >= 15 is 0 Å². The predicted molar refractivity (Wildman–Crippen MR) is 54.2 cm³/mol. The van der Waals surface area contributed by atoms with Crippen LogP contribution in [0.5, 0.6) is 0 Å². The van der Waals surface area contributed by atoms with Gasteiger partial charge in [0.1, 0.15) is 0 Å². The highest BCUT2D eigenvalue weighted by Crippen LogP contribution is 2.15. The maximum atomic E-state index is 11.4. The fraction of sp³-hybridized carbons (Fsp3) is 0.700. The Morgan fingerprint density at radius 3 is 2.54 bits per heavy atom. The summed E-state index contributed by atoms with van der Waals surface area (Å²) in [5.41, 5.74) is 2.06. The van der Waals surface area contributed by atoms with Gasteiger partial charge in [0.2, 0.25) is 0 Å². The van der Waals surface area contributed by atoms with Gasteiger partial charge >= 0.3 is 0 Å². The van der Waals surface area contributed by atoms with Gasteiger partial charge in [-0.1, -0.05) is 20.8 Å². The number of rotatable bonds is 3. The molecule has 3 nitrogen and oxygen atoms in total. The molecule has 0 saturated heterocycles. The average Bonchev–Trinajstić information content (AvgIpc) is 2.28. The summed E-state index contributed by atoms with van der Waals surface area (Å²) in [5, 5.41) is 2.86. The molecule has 13 heavy (non-hydrogen) atoms. The Kier molecular flexibility index (Phi) is 2.96. The smallest absolute Gasteiger partial charge is 0.267 e. The second-order valence-electron chi connectivity index (χ2n) is 3.76. The maximum Gasteiger partial charge on any atom is 0.267 e. The molecule has 3 heteroatoms. The number of hydrogen-bond acceptors (Lipinski definition) is 1. The molecule has 1 aromatic rings. The van der Waals surface area contributed by atoms with Crippen molar-refractivity contribution in [1.29, 1.82) is 0 Å². The second kappa shape index (κ2) is 3.81. The summed E-state index contributed by atoms with van der Waals surface area (Å²) in [4.78, 5) is 11.4. The number of aromatic nitrogens is 2. The highest BCUT2D eigenvalue weighted by Gasteiger charge is 2.12. The van der Waals surface area contributed by atoms with Gasteiger partial charge in [-0.05, 0) is 19.3 Å². The molecule has 0 aliphatic heterocycles. The molecule has 0 radical (unpaired) electrons. The van der Waals surface area contributed by atoms with E-state index in [-0.39, 0.29) is 5.56 Å². The van der Waals surface area contributed by atoms with Crippen LogP contribution in [-0.2, 0) is 6.54 Å². The van der Waals surface area contributed by atoms with Crippen molar-refractivity contribution < 1.29 is 0 Å². The molecule has 1 aromatic heterocycles. The van der Waals surface area contributed by atoms with Crippen molar-refractivity contribution >= 4 is 0 Å². The molecule has 0 amide bonds. The number of H-pyrrole nitrogens is 1. The van der Waals surface area contributed by atoms with E-state index in [2.05, 4.69) is 25.9 Å². The monoisotopic (exact) mass is 182 g/mol. The number of nitrogens with zero attached hydrogens (tertiary/aromatic N) is 1. The molecule has 0 saturated carbocycles. The third kappa shape index (κ3) is 1.85. The summed E-state index contributed by atoms with van der Waals surface area (Å²) in [6.45, 7) is 9.12. The summed E-state index contributed by atoms with van der Waals surface area (Å²) >= 11 is 0. The fourth-order valence-electron chi connectivity index (χ4n) is 1.73. The fourth-order valence-corrected chi connectivity index (χ4v) is 1.73. The largest absolute Gasteiger partial charge is 0.289 e. The van der Waals surface area contributed by atoms with Crippen LogP contribution < -0.4 is 5.56 Å². The zero-order chi connectivity index (χ0) is 10.0. The second-order valence-corrected chi connectivity index (χ2v) is 3.76. The van der Waals surface area contributed by atoms with Gasteiger partial charge in [-0.15, -0.1) is 0 Å². The minimum absolute atomic E-state index is 0.0529. The summed E-state index contributed by atoms with van der Waals surface area (Å²) in [6, 6.07) is 0. The third-order valence-electron chi connectivity index (χ3n) is 2.25. The lowest BCUT2D eigenvalue weighted by Crippen LogP contribution is -2.07. The van der Waals surface area contributed by atoms with Crippen LogP contribution in [0, 0.1) is 6.92 Å². The first-order valence-corrected chi connectivity index (χ1v) is 4.87. The molecule has 0 bridgehead atoms. The lowest BCUT2D eigenvalue weighted by atomic mass is 10.1. The van der Waals surface area contributed by atoms with Crippen LogP contribution in [-0.4, -0.2) is 9.78 Å². The number of aryl methyl sites for hydroxylation is 1.